The molecule has 104 valence electrons. The average molecular weight is 293 g/mol. The Bertz CT molecular complexity index is 666. The summed E-state index contributed by atoms with van der Waals surface area (Å²) in [7, 11) is 0. The second-order valence-electron chi connectivity index (χ2n) is 4.52. The molecule has 0 fully saturated rings. The number of carbonyl (C=O) groups excluding carboxylic acids is 1. The van der Waals surface area contributed by atoms with E-state index in [0.717, 1.165) is 11.1 Å². The summed E-state index contributed by atoms with van der Waals surface area (Å²) in [4.78, 5) is 12.2. The lowest BCUT2D eigenvalue weighted by atomic mass is 10.1. The van der Waals surface area contributed by atoms with Gasteiger partial charge in [0.05, 0.1) is 10.6 Å². The number of anilines is 2. The molecule has 0 unspecified atom stereocenters. The van der Waals surface area contributed by atoms with Gasteiger partial charge in [-0.2, -0.15) is 0 Å². The van der Waals surface area contributed by atoms with Crippen LogP contribution >= 0.6 is 11.6 Å². The van der Waals surface area contributed by atoms with Crippen LogP contribution in [0.1, 0.15) is 21.5 Å². The van der Waals surface area contributed by atoms with Crippen molar-refractivity contribution in [2.75, 3.05) is 11.1 Å². The van der Waals surface area contributed by atoms with Gasteiger partial charge in [-0.15, -0.1) is 0 Å². The number of hydrogen-bond acceptors (Lipinski definition) is 2. The lowest BCUT2D eigenvalue weighted by Crippen LogP contribution is -2.16. The summed E-state index contributed by atoms with van der Waals surface area (Å²) < 4.78 is 13.7. The highest BCUT2D eigenvalue weighted by Gasteiger charge is 2.17. The van der Waals surface area contributed by atoms with Crippen LogP contribution in [0.2, 0.25) is 5.02 Å². The highest BCUT2D eigenvalue weighted by atomic mass is 35.5. The molecule has 1 amide bonds. The maximum absolute atomic E-state index is 13.7. The monoisotopic (exact) mass is 292 g/mol. The first-order chi connectivity index (χ1) is 9.41. The van der Waals surface area contributed by atoms with E-state index in [9.17, 15) is 9.18 Å². The minimum absolute atomic E-state index is 0.0710. The van der Waals surface area contributed by atoms with Gasteiger partial charge in [0.2, 0.25) is 0 Å². The quantitative estimate of drug-likeness (QED) is 0.824. The molecule has 0 spiro atoms. The maximum Gasteiger partial charge on any atom is 0.260 e. The number of rotatable bonds is 2. The van der Waals surface area contributed by atoms with E-state index in [0.29, 0.717) is 11.4 Å². The van der Waals surface area contributed by atoms with Crippen molar-refractivity contribution in [2.24, 2.45) is 0 Å². The molecule has 3 nitrogen and oxygen atoms in total. The summed E-state index contributed by atoms with van der Waals surface area (Å²) in [5, 5.41) is 2.74. The van der Waals surface area contributed by atoms with Gasteiger partial charge in [0, 0.05) is 11.4 Å². The molecule has 0 aliphatic heterocycles. The van der Waals surface area contributed by atoms with Gasteiger partial charge in [0.1, 0.15) is 5.82 Å². The average Bonchev–Trinajstić information content (AvgIpc) is 2.39. The molecule has 0 radical (unpaired) electrons. The number of hydrogen-bond donors (Lipinski definition) is 2. The van der Waals surface area contributed by atoms with E-state index in [1.54, 1.807) is 19.1 Å². The van der Waals surface area contributed by atoms with Crippen molar-refractivity contribution in [1.29, 1.82) is 0 Å². The number of carbonyl (C=O) groups is 1. The third-order valence-corrected chi connectivity index (χ3v) is 3.46. The van der Waals surface area contributed by atoms with Crippen molar-refractivity contribution in [3.05, 3.63) is 57.9 Å². The second kappa shape index (κ2) is 5.51. The third kappa shape index (κ3) is 2.60. The van der Waals surface area contributed by atoms with Crippen LogP contribution in [0.5, 0.6) is 0 Å². The van der Waals surface area contributed by atoms with Gasteiger partial charge in [0.15, 0.2) is 0 Å². The summed E-state index contributed by atoms with van der Waals surface area (Å²) in [5.74, 6) is -1.25. The number of amides is 1. The lowest BCUT2D eigenvalue weighted by Gasteiger charge is -2.14. The van der Waals surface area contributed by atoms with E-state index >= 15 is 0 Å². The van der Waals surface area contributed by atoms with Crippen LogP contribution < -0.4 is 11.1 Å². The Morgan fingerprint density at radius 3 is 2.60 bits per heavy atom. The molecule has 2 rings (SSSR count). The fourth-order valence-corrected chi connectivity index (χ4v) is 2.20. The summed E-state index contributed by atoms with van der Waals surface area (Å²) in [6.07, 6.45) is 0. The number of nitrogen functional groups attached to an aromatic ring is 1. The van der Waals surface area contributed by atoms with Gasteiger partial charge in [0.25, 0.3) is 5.91 Å². The Balaban J connectivity index is 2.41. The zero-order chi connectivity index (χ0) is 14.9. The largest absolute Gasteiger partial charge is 0.398 e. The molecule has 0 heterocycles. The van der Waals surface area contributed by atoms with Crippen molar-refractivity contribution >= 4 is 28.9 Å². The van der Waals surface area contributed by atoms with E-state index in [4.69, 9.17) is 17.3 Å². The molecule has 3 N–H and O–H groups in total. The molecule has 0 aliphatic carbocycles. The molecule has 0 aliphatic rings. The van der Waals surface area contributed by atoms with E-state index in [1.165, 1.54) is 18.2 Å². The van der Waals surface area contributed by atoms with Gasteiger partial charge in [-0.05, 0) is 43.2 Å². The topological polar surface area (TPSA) is 55.1 Å². The van der Waals surface area contributed by atoms with E-state index in [2.05, 4.69) is 5.32 Å². The minimum atomic E-state index is -0.658. The molecule has 0 saturated heterocycles. The van der Waals surface area contributed by atoms with Crippen molar-refractivity contribution in [3.8, 4) is 0 Å². The normalized spacial score (nSPS) is 10.4. The van der Waals surface area contributed by atoms with Crippen LogP contribution in [0.25, 0.3) is 0 Å². The van der Waals surface area contributed by atoms with Crippen LogP contribution in [0, 0.1) is 19.7 Å². The SMILES string of the molecule is Cc1ccc(N)c(C)c1NC(=O)c1c(F)cccc1Cl. The fourth-order valence-electron chi connectivity index (χ4n) is 1.95. The van der Waals surface area contributed by atoms with Gasteiger partial charge < -0.3 is 11.1 Å². The molecule has 2 aromatic rings. The van der Waals surface area contributed by atoms with Crippen molar-refractivity contribution in [3.63, 3.8) is 0 Å². The fraction of sp³-hybridized carbons (Fsp3) is 0.133. The van der Waals surface area contributed by atoms with Gasteiger partial charge in [-0.1, -0.05) is 23.7 Å². The van der Waals surface area contributed by atoms with Crippen LogP contribution in [0.15, 0.2) is 30.3 Å². The van der Waals surface area contributed by atoms with Crippen LogP contribution in [-0.4, -0.2) is 5.91 Å². The summed E-state index contributed by atoms with van der Waals surface area (Å²) in [6, 6.07) is 7.67. The Labute approximate surface area is 121 Å². The Hall–Kier alpha value is -2.07. The number of nitrogens with one attached hydrogen (secondary N) is 1. The molecule has 0 atom stereocenters. The summed E-state index contributed by atoms with van der Waals surface area (Å²) >= 11 is 5.88. The standard InChI is InChI=1S/C15H14ClFN2O/c1-8-6-7-12(18)9(2)14(8)19-15(20)13-10(16)4-3-5-11(13)17/h3-7H,18H2,1-2H3,(H,19,20). The summed E-state index contributed by atoms with van der Waals surface area (Å²) in [6.45, 7) is 3.63. The minimum Gasteiger partial charge on any atom is -0.398 e. The highest BCUT2D eigenvalue weighted by molar-refractivity contribution is 6.34. The number of aryl methyl sites for hydroxylation is 1. The molecule has 2 aromatic carbocycles. The van der Waals surface area contributed by atoms with E-state index < -0.39 is 11.7 Å². The smallest absolute Gasteiger partial charge is 0.260 e. The molecular formula is C15H14ClFN2O. The maximum atomic E-state index is 13.7. The molecule has 5 heteroatoms. The number of benzene rings is 2. The molecular weight excluding hydrogens is 279 g/mol. The Kier molecular flexibility index (Phi) is 3.95. The third-order valence-electron chi connectivity index (χ3n) is 3.14. The van der Waals surface area contributed by atoms with Crippen LogP contribution in [-0.2, 0) is 0 Å². The van der Waals surface area contributed by atoms with Gasteiger partial charge in [-0.25, -0.2) is 4.39 Å². The summed E-state index contributed by atoms with van der Waals surface area (Å²) in [5.41, 5.74) is 8.37. The van der Waals surface area contributed by atoms with Crippen LogP contribution in [0.4, 0.5) is 15.8 Å². The Morgan fingerprint density at radius 1 is 1.25 bits per heavy atom. The first-order valence-electron chi connectivity index (χ1n) is 6.03. The zero-order valence-corrected chi connectivity index (χ0v) is 11.9. The van der Waals surface area contributed by atoms with Gasteiger partial charge >= 0.3 is 0 Å². The van der Waals surface area contributed by atoms with Crippen LogP contribution in [0.3, 0.4) is 0 Å². The Morgan fingerprint density at radius 2 is 1.95 bits per heavy atom. The number of halogens is 2. The van der Waals surface area contributed by atoms with E-state index in [1.807, 2.05) is 6.92 Å². The van der Waals surface area contributed by atoms with Crippen molar-refractivity contribution < 1.29 is 9.18 Å². The van der Waals surface area contributed by atoms with Crippen molar-refractivity contribution in [2.45, 2.75) is 13.8 Å². The first-order valence-corrected chi connectivity index (χ1v) is 6.40. The predicted octanol–water partition coefficient (Wildman–Crippen LogP) is 3.93. The number of nitrogens with two attached hydrogens (primary N) is 1. The first kappa shape index (κ1) is 14.3. The molecule has 0 saturated carbocycles. The zero-order valence-electron chi connectivity index (χ0n) is 11.1. The molecule has 20 heavy (non-hydrogen) atoms. The van der Waals surface area contributed by atoms with Crippen molar-refractivity contribution in [1.82, 2.24) is 0 Å². The second-order valence-corrected chi connectivity index (χ2v) is 4.93. The highest BCUT2D eigenvalue weighted by Crippen LogP contribution is 2.27. The van der Waals surface area contributed by atoms with Gasteiger partial charge in [-0.3, -0.25) is 4.79 Å². The predicted molar refractivity (Wildman–Crippen MR) is 79.7 cm³/mol. The molecule has 0 bridgehead atoms. The van der Waals surface area contributed by atoms with E-state index in [-0.39, 0.29) is 10.6 Å². The lowest BCUT2D eigenvalue weighted by molar-refractivity contribution is 0.102. The molecule has 0 aromatic heterocycles.